The average molecular weight is 412 g/mol. The van der Waals surface area contributed by atoms with Crippen LogP contribution in [-0.2, 0) is 11.3 Å². The molecule has 0 aliphatic carbocycles. The number of hydrogen-bond donors (Lipinski definition) is 3. The Hall–Kier alpha value is -3.09. The molecule has 150 valence electrons. The number of aliphatic hydroxyl groups excluding tert-OH is 1. The van der Waals surface area contributed by atoms with Crippen molar-refractivity contribution in [2.24, 2.45) is 0 Å². The van der Waals surface area contributed by atoms with Crippen LogP contribution < -0.4 is 10.6 Å². The number of hydrogen-bond acceptors (Lipinski definition) is 3. The summed E-state index contributed by atoms with van der Waals surface area (Å²) in [6.07, 6.45) is 3.57. The SMILES string of the molecule is CCn1cc(C=C(NC(=O)c2ccccc2Cl)C(=O)NCCO)c2ccccc21. The van der Waals surface area contributed by atoms with E-state index in [-0.39, 0.29) is 24.4 Å². The molecule has 3 rings (SSSR count). The van der Waals surface area contributed by atoms with Crippen molar-refractivity contribution in [3.05, 3.63) is 76.6 Å². The van der Waals surface area contributed by atoms with Crippen molar-refractivity contribution in [2.75, 3.05) is 13.2 Å². The number of nitrogens with one attached hydrogen (secondary N) is 2. The monoisotopic (exact) mass is 411 g/mol. The van der Waals surface area contributed by atoms with Gasteiger partial charge in [0.25, 0.3) is 11.8 Å². The van der Waals surface area contributed by atoms with Gasteiger partial charge in [-0.2, -0.15) is 0 Å². The molecule has 2 aromatic carbocycles. The van der Waals surface area contributed by atoms with Crippen molar-refractivity contribution in [1.82, 2.24) is 15.2 Å². The van der Waals surface area contributed by atoms with Crippen molar-refractivity contribution in [1.29, 1.82) is 0 Å². The van der Waals surface area contributed by atoms with Crippen molar-refractivity contribution in [3.8, 4) is 0 Å². The van der Waals surface area contributed by atoms with Gasteiger partial charge in [-0.3, -0.25) is 9.59 Å². The highest BCUT2D eigenvalue weighted by Gasteiger charge is 2.17. The highest BCUT2D eigenvalue weighted by molar-refractivity contribution is 6.34. The van der Waals surface area contributed by atoms with Crippen LogP contribution >= 0.6 is 11.6 Å². The Balaban J connectivity index is 2.01. The summed E-state index contributed by atoms with van der Waals surface area (Å²) < 4.78 is 2.07. The van der Waals surface area contributed by atoms with Crippen molar-refractivity contribution in [2.45, 2.75) is 13.5 Å². The number of halogens is 1. The summed E-state index contributed by atoms with van der Waals surface area (Å²) in [5.74, 6) is -0.979. The van der Waals surface area contributed by atoms with E-state index in [9.17, 15) is 9.59 Å². The summed E-state index contributed by atoms with van der Waals surface area (Å²) in [4.78, 5) is 25.3. The van der Waals surface area contributed by atoms with Gasteiger partial charge in [0.15, 0.2) is 0 Å². The maximum absolute atomic E-state index is 12.7. The Morgan fingerprint density at radius 3 is 2.59 bits per heavy atom. The van der Waals surface area contributed by atoms with Gasteiger partial charge in [0.1, 0.15) is 5.70 Å². The highest BCUT2D eigenvalue weighted by Crippen LogP contribution is 2.23. The molecule has 1 heterocycles. The van der Waals surface area contributed by atoms with E-state index in [2.05, 4.69) is 15.2 Å². The number of para-hydroxylation sites is 1. The lowest BCUT2D eigenvalue weighted by Gasteiger charge is -2.11. The van der Waals surface area contributed by atoms with E-state index in [4.69, 9.17) is 16.7 Å². The summed E-state index contributed by atoms with van der Waals surface area (Å²) in [5, 5.41) is 15.5. The van der Waals surface area contributed by atoms with Crippen LogP contribution in [0.5, 0.6) is 0 Å². The maximum Gasteiger partial charge on any atom is 0.267 e. The molecule has 0 aliphatic heterocycles. The molecule has 6 nitrogen and oxygen atoms in total. The molecule has 7 heteroatoms. The fourth-order valence-corrected chi connectivity index (χ4v) is 3.29. The van der Waals surface area contributed by atoms with Gasteiger partial charge < -0.3 is 20.3 Å². The number of carbonyl (C=O) groups excluding carboxylic acids is 2. The molecule has 29 heavy (non-hydrogen) atoms. The molecule has 0 spiro atoms. The molecular weight excluding hydrogens is 390 g/mol. The number of fused-ring (bicyclic) bond motifs is 1. The van der Waals surface area contributed by atoms with E-state index in [1.165, 1.54) is 0 Å². The third kappa shape index (κ3) is 4.67. The van der Waals surface area contributed by atoms with Crippen molar-refractivity contribution < 1.29 is 14.7 Å². The third-order valence-corrected chi connectivity index (χ3v) is 4.80. The van der Waals surface area contributed by atoms with Crippen LogP contribution in [0.25, 0.3) is 17.0 Å². The number of aromatic nitrogens is 1. The topological polar surface area (TPSA) is 83.4 Å². The Labute approximate surface area is 173 Å². The number of nitrogens with zero attached hydrogens (tertiary/aromatic N) is 1. The summed E-state index contributed by atoms with van der Waals surface area (Å²) in [6.45, 7) is 2.68. The Bertz CT molecular complexity index is 1070. The van der Waals surface area contributed by atoms with Crippen LogP contribution in [0.3, 0.4) is 0 Å². The molecule has 0 fully saturated rings. The average Bonchev–Trinajstić information content (AvgIpc) is 3.09. The van der Waals surface area contributed by atoms with E-state index < -0.39 is 11.8 Å². The number of amides is 2. The first kappa shape index (κ1) is 20.6. The Morgan fingerprint density at radius 2 is 1.86 bits per heavy atom. The van der Waals surface area contributed by atoms with Gasteiger partial charge in [-0.25, -0.2) is 0 Å². The standard InChI is InChI=1S/C22H22ClN3O3/c1-2-26-14-15(16-7-4-6-10-20(16)26)13-19(22(29)24-11-12-27)25-21(28)17-8-3-5-9-18(17)23/h3-10,13-14,27H,2,11-12H2,1H3,(H,24,29)(H,25,28). The normalized spacial score (nSPS) is 11.5. The number of aliphatic hydroxyl groups is 1. The van der Waals surface area contributed by atoms with E-state index >= 15 is 0 Å². The highest BCUT2D eigenvalue weighted by atomic mass is 35.5. The van der Waals surface area contributed by atoms with Crippen LogP contribution in [-0.4, -0.2) is 34.6 Å². The molecular formula is C22H22ClN3O3. The zero-order valence-electron chi connectivity index (χ0n) is 16.0. The van der Waals surface area contributed by atoms with E-state index in [0.717, 1.165) is 23.0 Å². The molecule has 0 aliphatic rings. The first-order chi connectivity index (χ1) is 14.0. The van der Waals surface area contributed by atoms with Gasteiger partial charge in [-0.1, -0.05) is 41.9 Å². The largest absolute Gasteiger partial charge is 0.395 e. The molecule has 2 amide bonds. The Kier molecular flexibility index (Phi) is 6.69. The fraction of sp³-hybridized carbons (Fsp3) is 0.182. The second-order valence-corrected chi connectivity index (χ2v) is 6.77. The zero-order valence-corrected chi connectivity index (χ0v) is 16.7. The lowest BCUT2D eigenvalue weighted by atomic mass is 10.1. The molecule has 3 aromatic rings. The lowest BCUT2D eigenvalue weighted by Crippen LogP contribution is -2.36. The maximum atomic E-state index is 12.7. The van der Waals surface area contributed by atoms with Crippen LogP contribution in [0.15, 0.2) is 60.4 Å². The lowest BCUT2D eigenvalue weighted by molar-refractivity contribution is -0.117. The third-order valence-electron chi connectivity index (χ3n) is 4.47. The van der Waals surface area contributed by atoms with Gasteiger partial charge in [0.2, 0.25) is 0 Å². The van der Waals surface area contributed by atoms with Crippen LogP contribution in [0.2, 0.25) is 5.02 Å². The predicted molar refractivity (Wildman–Crippen MR) is 115 cm³/mol. The first-order valence-electron chi connectivity index (χ1n) is 9.29. The van der Waals surface area contributed by atoms with Crippen molar-refractivity contribution in [3.63, 3.8) is 0 Å². The molecule has 0 atom stereocenters. The molecule has 0 bridgehead atoms. The molecule has 0 radical (unpaired) electrons. The predicted octanol–water partition coefficient (Wildman–Crippen LogP) is 3.19. The molecule has 0 unspecified atom stereocenters. The number of rotatable bonds is 7. The summed E-state index contributed by atoms with van der Waals surface area (Å²) in [5.41, 5.74) is 2.18. The second-order valence-electron chi connectivity index (χ2n) is 6.36. The quantitative estimate of drug-likeness (QED) is 0.522. The summed E-state index contributed by atoms with van der Waals surface area (Å²) in [6, 6.07) is 14.5. The molecule has 3 N–H and O–H groups in total. The fourth-order valence-electron chi connectivity index (χ4n) is 3.07. The summed E-state index contributed by atoms with van der Waals surface area (Å²) >= 11 is 6.11. The van der Waals surface area contributed by atoms with Gasteiger partial charge in [0, 0.05) is 35.8 Å². The zero-order chi connectivity index (χ0) is 20.8. The molecule has 1 aromatic heterocycles. The van der Waals surface area contributed by atoms with Gasteiger partial charge in [-0.15, -0.1) is 0 Å². The molecule has 0 saturated heterocycles. The van der Waals surface area contributed by atoms with Crippen LogP contribution in [0.4, 0.5) is 0 Å². The van der Waals surface area contributed by atoms with Crippen LogP contribution in [0, 0.1) is 0 Å². The Morgan fingerprint density at radius 1 is 1.14 bits per heavy atom. The van der Waals surface area contributed by atoms with E-state index in [0.29, 0.717) is 5.02 Å². The second kappa shape index (κ2) is 9.41. The first-order valence-corrected chi connectivity index (χ1v) is 9.67. The summed E-state index contributed by atoms with van der Waals surface area (Å²) in [7, 11) is 0. The smallest absolute Gasteiger partial charge is 0.267 e. The minimum Gasteiger partial charge on any atom is -0.395 e. The minimum atomic E-state index is -0.493. The van der Waals surface area contributed by atoms with Gasteiger partial charge in [0.05, 0.1) is 17.2 Å². The van der Waals surface area contributed by atoms with Gasteiger partial charge >= 0.3 is 0 Å². The van der Waals surface area contributed by atoms with Gasteiger partial charge in [-0.05, 0) is 31.2 Å². The number of aryl methyl sites for hydroxylation is 1. The van der Waals surface area contributed by atoms with E-state index in [1.807, 2.05) is 37.4 Å². The van der Waals surface area contributed by atoms with Crippen LogP contribution in [0.1, 0.15) is 22.8 Å². The minimum absolute atomic E-state index is 0.0716. The van der Waals surface area contributed by atoms with Crippen molar-refractivity contribution >= 4 is 40.4 Å². The van der Waals surface area contributed by atoms with E-state index in [1.54, 1.807) is 30.3 Å². The molecule has 0 saturated carbocycles. The number of benzene rings is 2. The number of carbonyl (C=O) groups is 2.